The fraction of sp³-hybridized carbons (Fsp3) is 1.00. The number of nitrogens with zero attached hydrogens (tertiary/aromatic N) is 2. The molecule has 2 heterocycles. The van der Waals surface area contributed by atoms with Crippen LogP contribution in [0.5, 0.6) is 0 Å². The van der Waals surface area contributed by atoms with Gasteiger partial charge in [-0.1, -0.05) is 54.4 Å². The van der Waals surface area contributed by atoms with Crippen molar-refractivity contribution in [2.45, 2.75) is 97.9 Å². The number of hydrogen-bond donors (Lipinski definition) is 1. The van der Waals surface area contributed by atoms with E-state index >= 15 is 0 Å². The molecule has 5 heteroatoms. The van der Waals surface area contributed by atoms with Crippen LogP contribution in [0.3, 0.4) is 0 Å². The first-order valence-electron chi connectivity index (χ1n) is 10.4. The largest absolute Gasteiger partial charge is 0.305 e. The van der Waals surface area contributed by atoms with Crippen LogP contribution in [-0.2, 0) is 4.57 Å². The van der Waals surface area contributed by atoms with Crippen LogP contribution in [0.15, 0.2) is 0 Å². The molecule has 146 valence electrons. The average Bonchev–Trinajstić information content (AvgIpc) is 3.08. The molecule has 3 atom stereocenters. The predicted octanol–water partition coefficient (Wildman–Crippen LogP) is 4.91. The van der Waals surface area contributed by atoms with Crippen molar-refractivity contribution in [2.24, 2.45) is 10.8 Å². The van der Waals surface area contributed by atoms with Crippen molar-refractivity contribution < 1.29 is 4.57 Å². The van der Waals surface area contributed by atoms with Crippen molar-refractivity contribution in [2.75, 3.05) is 19.6 Å². The Morgan fingerprint density at radius 1 is 0.840 bits per heavy atom. The summed E-state index contributed by atoms with van der Waals surface area (Å²) < 4.78 is 19.8. The second-order valence-electron chi connectivity index (χ2n) is 10.9. The third-order valence-electron chi connectivity index (χ3n) is 5.91. The summed E-state index contributed by atoms with van der Waals surface area (Å²) in [6.45, 7) is 16.7. The third-order valence-corrected chi connectivity index (χ3v) is 9.51. The molecule has 0 bridgehead atoms. The van der Waals surface area contributed by atoms with Crippen LogP contribution in [0.4, 0.5) is 0 Å². The van der Waals surface area contributed by atoms with E-state index in [-0.39, 0.29) is 16.6 Å². The Morgan fingerprint density at radius 3 is 1.68 bits per heavy atom. The van der Waals surface area contributed by atoms with Crippen LogP contribution in [-0.4, -0.2) is 46.8 Å². The maximum atomic E-state index is 14.8. The van der Waals surface area contributed by atoms with E-state index in [1.807, 2.05) is 0 Å². The fourth-order valence-electron chi connectivity index (χ4n) is 5.08. The molecule has 1 saturated carbocycles. The lowest BCUT2D eigenvalue weighted by atomic mass is 9.87. The lowest BCUT2D eigenvalue weighted by molar-refractivity contribution is 0.159. The van der Waals surface area contributed by atoms with Crippen molar-refractivity contribution in [1.82, 2.24) is 14.7 Å². The minimum atomic E-state index is -2.58. The van der Waals surface area contributed by atoms with E-state index in [0.717, 1.165) is 32.5 Å². The summed E-state index contributed by atoms with van der Waals surface area (Å²) in [4.78, 5) is 0. The zero-order valence-electron chi connectivity index (χ0n) is 17.3. The van der Waals surface area contributed by atoms with E-state index in [9.17, 15) is 4.57 Å². The Hall–Kier alpha value is 0.110. The Morgan fingerprint density at radius 2 is 1.32 bits per heavy atom. The van der Waals surface area contributed by atoms with Gasteiger partial charge in [-0.25, -0.2) is 9.34 Å². The first-order chi connectivity index (χ1) is 11.5. The summed E-state index contributed by atoms with van der Waals surface area (Å²) in [6.07, 6.45) is 7.26. The van der Waals surface area contributed by atoms with Gasteiger partial charge in [0.25, 0.3) is 0 Å². The molecule has 1 aliphatic carbocycles. The van der Waals surface area contributed by atoms with Crippen molar-refractivity contribution in [3.63, 3.8) is 0 Å². The summed E-state index contributed by atoms with van der Waals surface area (Å²) in [5.41, 5.74) is 0.349. The first-order valence-corrected chi connectivity index (χ1v) is 12.1. The fourth-order valence-corrected chi connectivity index (χ4v) is 9.62. The highest BCUT2D eigenvalue weighted by atomic mass is 31.2. The van der Waals surface area contributed by atoms with Gasteiger partial charge in [0, 0.05) is 25.2 Å². The maximum absolute atomic E-state index is 14.8. The zero-order valence-corrected chi connectivity index (χ0v) is 18.2. The van der Waals surface area contributed by atoms with Gasteiger partial charge >= 0.3 is 0 Å². The summed E-state index contributed by atoms with van der Waals surface area (Å²) in [5, 5.41) is 3.63. The Balaban J connectivity index is 2.02. The van der Waals surface area contributed by atoms with Crippen LogP contribution >= 0.6 is 7.44 Å². The SMILES string of the molecule is CC(C)(C)CN1[C@@H]2CCCC[C@H]2N(CC(C)(C)C)P1(=O)C1CCCN1. The van der Waals surface area contributed by atoms with Crippen LogP contribution < -0.4 is 5.32 Å². The van der Waals surface area contributed by atoms with E-state index in [4.69, 9.17) is 0 Å². The molecular formula is C20H40N3OP. The third kappa shape index (κ3) is 4.03. The van der Waals surface area contributed by atoms with Gasteiger partial charge in [0.05, 0.1) is 5.78 Å². The highest BCUT2D eigenvalue weighted by Gasteiger charge is 2.59. The molecule has 3 aliphatic rings. The molecule has 2 aliphatic heterocycles. The maximum Gasteiger partial charge on any atom is 0.233 e. The molecule has 1 N–H and O–H groups in total. The van der Waals surface area contributed by atoms with Crippen molar-refractivity contribution in [3.05, 3.63) is 0 Å². The van der Waals surface area contributed by atoms with E-state index < -0.39 is 7.44 Å². The van der Waals surface area contributed by atoms with Crippen molar-refractivity contribution >= 4 is 7.44 Å². The lowest BCUT2D eigenvalue weighted by Gasteiger charge is -2.40. The van der Waals surface area contributed by atoms with Gasteiger partial charge in [-0.2, -0.15) is 0 Å². The molecule has 0 aromatic heterocycles. The van der Waals surface area contributed by atoms with E-state index in [1.54, 1.807) is 0 Å². The second kappa shape index (κ2) is 6.93. The van der Waals surface area contributed by atoms with E-state index in [1.165, 1.54) is 25.7 Å². The number of fused-ring (bicyclic) bond motifs is 1. The Kier molecular flexibility index (Phi) is 5.50. The van der Waals surface area contributed by atoms with Gasteiger partial charge in [0.15, 0.2) is 0 Å². The van der Waals surface area contributed by atoms with Crippen molar-refractivity contribution in [3.8, 4) is 0 Å². The number of hydrogen-bond acceptors (Lipinski definition) is 2. The van der Waals surface area contributed by atoms with E-state index in [0.29, 0.717) is 12.1 Å². The Labute approximate surface area is 155 Å². The summed E-state index contributed by atoms with van der Waals surface area (Å²) in [7, 11) is -2.58. The summed E-state index contributed by atoms with van der Waals surface area (Å²) >= 11 is 0. The number of rotatable bonds is 3. The summed E-state index contributed by atoms with van der Waals surface area (Å²) in [5.74, 6) is 0.169. The topological polar surface area (TPSA) is 35.6 Å². The lowest BCUT2D eigenvalue weighted by Crippen LogP contribution is -2.43. The zero-order chi connectivity index (χ0) is 18.5. The van der Waals surface area contributed by atoms with Gasteiger partial charge in [0.1, 0.15) is 0 Å². The Bertz CT molecular complexity index is 480. The molecule has 0 aromatic carbocycles. The van der Waals surface area contributed by atoms with Gasteiger partial charge in [-0.15, -0.1) is 0 Å². The molecule has 2 saturated heterocycles. The molecule has 0 spiro atoms. The van der Waals surface area contributed by atoms with E-state index in [2.05, 4.69) is 56.2 Å². The van der Waals surface area contributed by atoms with Gasteiger partial charge < -0.3 is 5.32 Å². The molecule has 3 rings (SSSR count). The van der Waals surface area contributed by atoms with Gasteiger partial charge in [-0.3, -0.25) is 4.57 Å². The molecule has 3 fully saturated rings. The minimum Gasteiger partial charge on any atom is -0.305 e. The molecule has 0 aromatic rings. The minimum absolute atomic E-state index is 0.169. The standard InChI is InChI=1S/C20H40N3OP/c1-19(2,3)14-22-16-10-7-8-11-17(16)23(15-20(4,5)6)25(22,24)18-12-9-13-21-18/h16-18,21H,7-15H2,1-6H3/t16-,17-,18?/m1/s1. The predicted molar refractivity (Wildman–Crippen MR) is 107 cm³/mol. The van der Waals surface area contributed by atoms with Crippen LogP contribution in [0, 0.1) is 10.8 Å². The average molecular weight is 370 g/mol. The monoisotopic (exact) mass is 369 g/mol. The van der Waals surface area contributed by atoms with Crippen LogP contribution in [0.1, 0.15) is 80.1 Å². The molecule has 0 radical (unpaired) electrons. The van der Waals surface area contributed by atoms with Crippen LogP contribution in [0.2, 0.25) is 0 Å². The van der Waals surface area contributed by atoms with Crippen LogP contribution in [0.25, 0.3) is 0 Å². The quantitative estimate of drug-likeness (QED) is 0.717. The van der Waals surface area contributed by atoms with Gasteiger partial charge in [-0.05, 0) is 43.1 Å². The highest BCUT2D eigenvalue weighted by molar-refractivity contribution is 7.60. The van der Waals surface area contributed by atoms with Crippen molar-refractivity contribution in [1.29, 1.82) is 0 Å². The molecule has 4 nitrogen and oxygen atoms in total. The smallest absolute Gasteiger partial charge is 0.233 e. The second-order valence-corrected chi connectivity index (χ2v) is 13.8. The summed E-state index contributed by atoms with van der Waals surface area (Å²) in [6, 6.07) is 0.979. The number of nitrogens with one attached hydrogen (secondary N) is 1. The molecular weight excluding hydrogens is 329 g/mol. The highest BCUT2D eigenvalue weighted by Crippen LogP contribution is 2.68. The molecule has 25 heavy (non-hydrogen) atoms. The van der Waals surface area contributed by atoms with Gasteiger partial charge in [0.2, 0.25) is 7.44 Å². The first kappa shape index (κ1) is 19.9. The normalized spacial score (nSPS) is 34.4. The molecule has 0 amide bonds. The molecule has 1 unspecified atom stereocenters.